The smallest absolute Gasteiger partial charge is 0.410 e. The maximum atomic E-state index is 12.1. The van der Waals surface area contributed by atoms with Crippen molar-refractivity contribution >= 4 is 17.7 Å². The predicted octanol–water partition coefficient (Wildman–Crippen LogP) is 1.50. The van der Waals surface area contributed by atoms with Crippen molar-refractivity contribution in [1.82, 2.24) is 14.9 Å². The quantitative estimate of drug-likeness (QED) is 0.844. The van der Waals surface area contributed by atoms with E-state index in [0.29, 0.717) is 25.5 Å². The zero-order valence-electron chi connectivity index (χ0n) is 13.0. The first-order valence-corrected chi connectivity index (χ1v) is 7.08. The summed E-state index contributed by atoms with van der Waals surface area (Å²) in [6.45, 7) is 9.55. The molecule has 0 saturated carbocycles. The van der Waals surface area contributed by atoms with Crippen LogP contribution in [0.4, 0.5) is 16.4 Å². The van der Waals surface area contributed by atoms with Gasteiger partial charge in [-0.05, 0) is 27.7 Å². The SMILES string of the molecule is C[C@H]1CN(C(=O)OC(C)(C)C)CCN1c1cnc(N)cn1. The van der Waals surface area contributed by atoms with E-state index in [9.17, 15) is 4.79 Å². The lowest BCUT2D eigenvalue weighted by Gasteiger charge is -2.40. The number of nitrogens with two attached hydrogens (primary N) is 1. The number of hydrogen-bond acceptors (Lipinski definition) is 6. The lowest BCUT2D eigenvalue weighted by molar-refractivity contribution is 0.0218. The van der Waals surface area contributed by atoms with Gasteiger partial charge in [-0.15, -0.1) is 0 Å². The van der Waals surface area contributed by atoms with Gasteiger partial charge in [-0.3, -0.25) is 0 Å². The van der Waals surface area contributed by atoms with E-state index in [4.69, 9.17) is 10.5 Å². The molecule has 2 rings (SSSR count). The Labute approximate surface area is 125 Å². The Morgan fingerprint density at radius 2 is 2.05 bits per heavy atom. The minimum absolute atomic E-state index is 0.143. The molecule has 0 aliphatic carbocycles. The van der Waals surface area contributed by atoms with Crippen molar-refractivity contribution in [2.45, 2.75) is 39.3 Å². The minimum atomic E-state index is -0.472. The molecule has 0 radical (unpaired) electrons. The Kier molecular flexibility index (Phi) is 4.20. The molecular formula is C14H23N5O2. The first kappa shape index (κ1) is 15.3. The van der Waals surface area contributed by atoms with E-state index < -0.39 is 5.60 Å². The third kappa shape index (κ3) is 3.96. The fourth-order valence-corrected chi connectivity index (χ4v) is 2.27. The van der Waals surface area contributed by atoms with Gasteiger partial charge in [-0.25, -0.2) is 14.8 Å². The molecule has 0 bridgehead atoms. The molecule has 1 aromatic rings. The summed E-state index contributed by atoms with van der Waals surface area (Å²) in [6, 6.07) is 0.143. The number of carbonyl (C=O) groups is 1. The van der Waals surface area contributed by atoms with Gasteiger partial charge >= 0.3 is 6.09 Å². The Morgan fingerprint density at radius 3 is 2.57 bits per heavy atom. The van der Waals surface area contributed by atoms with Crippen LogP contribution in [0, 0.1) is 0 Å². The Hall–Kier alpha value is -2.05. The van der Waals surface area contributed by atoms with Gasteiger partial charge in [-0.1, -0.05) is 0 Å². The summed E-state index contributed by atoms with van der Waals surface area (Å²) in [5.74, 6) is 1.18. The maximum Gasteiger partial charge on any atom is 0.410 e. The number of nitrogens with zero attached hydrogens (tertiary/aromatic N) is 4. The van der Waals surface area contributed by atoms with Crippen molar-refractivity contribution in [3.63, 3.8) is 0 Å². The van der Waals surface area contributed by atoms with Gasteiger partial charge < -0.3 is 20.3 Å². The lowest BCUT2D eigenvalue weighted by Crippen LogP contribution is -2.54. The molecule has 7 heteroatoms. The second-order valence-electron chi connectivity index (χ2n) is 6.27. The molecule has 1 atom stereocenters. The average molecular weight is 293 g/mol. The van der Waals surface area contributed by atoms with E-state index in [0.717, 1.165) is 5.82 Å². The van der Waals surface area contributed by atoms with Gasteiger partial charge in [0.25, 0.3) is 0 Å². The fraction of sp³-hybridized carbons (Fsp3) is 0.643. The summed E-state index contributed by atoms with van der Waals surface area (Å²) in [5.41, 5.74) is 5.08. The molecule has 0 aromatic carbocycles. The van der Waals surface area contributed by atoms with Crippen LogP contribution in [0.3, 0.4) is 0 Å². The number of carbonyl (C=O) groups excluding carboxylic acids is 1. The Morgan fingerprint density at radius 1 is 1.33 bits per heavy atom. The fourth-order valence-electron chi connectivity index (χ4n) is 2.27. The van der Waals surface area contributed by atoms with E-state index in [1.807, 2.05) is 20.8 Å². The molecule has 1 fully saturated rings. The second kappa shape index (κ2) is 5.75. The Balaban J connectivity index is 1.99. The monoisotopic (exact) mass is 293 g/mol. The summed E-state index contributed by atoms with van der Waals surface area (Å²) in [7, 11) is 0. The molecule has 1 aromatic heterocycles. The average Bonchev–Trinajstić information content (AvgIpc) is 2.38. The van der Waals surface area contributed by atoms with Crippen LogP contribution in [0.15, 0.2) is 12.4 Å². The van der Waals surface area contributed by atoms with E-state index >= 15 is 0 Å². The van der Waals surface area contributed by atoms with Crippen LogP contribution in [0.25, 0.3) is 0 Å². The standard InChI is InChI=1S/C14H23N5O2/c1-10-9-18(13(20)21-14(2,3)4)5-6-19(10)12-8-16-11(15)7-17-12/h7-8,10H,5-6,9H2,1-4H3,(H2,15,16)/t10-/m0/s1. The maximum absolute atomic E-state index is 12.1. The number of aromatic nitrogens is 2. The van der Waals surface area contributed by atoms with Crippen LogP contribution in [0.2, 0.25) is 0 Å². The summed E-state index contributed by atoms with van der Waals surface area (Å²) in [4.78, 5) is 24.3. The topological polar surface area (TPSA) is 84.6 Å². The Bertz CT molecular complexity index is 497. The minimum Gasteiger partial charge on any atom is -0.444 e. The van der Waals surface area contributed by atoms with Gasteiger partial charge in [0.15, 0.2) is 0 Å². The zero-order chi connectivity index (χ0) is 15.6. The van der Waals surface area contributed by atoms with E-state index in [1.165, 1.54) is 0 Å². The molecule has 2 heterocycles. The number of nitrogen functional groups attached to an aromatic ring is 1. The van der Waals surface area contributed by atoms with Crippen molar-refractivity contribution in [3.8, 4) is 0 Å². The number of rotatable bonds is 1. The van der Waals surface area contributed by atoms with Gasteiger partial charge in [0.2, 0.25) is 0 Å². The number of amides is 1. The van der Waals surface area contributed by atoms with Gasteiger partial charge in [0, 0.05) is 25.7 Å². The lowest BCUT2D eigenvalue weighted by atomic mass is 10.2. The van der Waals surface area contributed by atoms with Crippen LogP contribution in [-0.4, -0.2) is 52.2 Å². The summed E-state index contributed by atoms with van der Waals surface area (Å²) in [6.07, 6.45) is 2.94. The highest BCUT2D eigenvalue weighted by Crippen LogP contribution is 2.19. The molecule has 1 aliphatic heterocycles. The summed E-state index contributed by atoms with van der Waals surface area (Å²) < 4.78 is 5.41. The molecule has 1 amide bonds. The molecule has 0 unspecified atom stereocenters. The molecule has 7 nitrogen and oxygen atoms in total. The van der Waals surface area contributed by atoms with Crippen molar-refractivity contribution in [2.24, 2.45) is 0 Å². The van der Waals surface area contributed by atoms with Crippen LogP contribution in [0.5, 0.6) is 0 Å². The second-order valence-corrected chi connectivity index (χ2v) is 6.27. The van der Waals surface area contributed by atoms with Crippen LogP contribution < -0.4 is 10.6 Å². The summed E-state index contributed by atoms with van der Waals surface area (Å²) >= 11 is 0. The van der Waals surface area contributed by atoms with Crippen LogP contribution in [-0.2, 0) is 4.74 Å². The molecule has 116 valence electrons. The highest BCUT2D eigenvalue weighted by molar-refractivity contribution is 5.68. The zero-order valence-corrected chi connectivity index (χ0v) is 13.0. The van der Waals surface area contributed by atoms with Crippen LogP contribution in [0.1, 0.15) is 27.7 Å². The first-order valence-electron chi connectivity index (χ1n) is 7.08. The van der Waals surface area contributed by atoms with Crippen molar-refractivity contribution in [3.05, 3.63) is 12.4 Å². The highest BCUT2D eigenvalue weighted by atomic mass is 16.6. The van der Waals surface area contributed by atoms with Crippen molar-refractivity contribution in [2.75, 3.05) is 30.3 Å². The molecule has 2 N–H and O–H groups in total. The van der Waals surface area contributed by atoms with E-state index in [-0.39, 0.29) is 12.1 Å². The van der Waals surface area contributed by atoms with Crippen LogP contribution >= 0.6 is 0 Å². The third-order valence-electron chi connectivity index (χ3n) is 3.23. The molecule has 0 spiro atoms. The highest BCUT2D eigenvalue weighted by Gasteiger charge is 2.30. The number of ether oxygens (including phenoxy) is 1. The van der Waals surface area contributed by atoms with Gasteiger partial charge in [0.05, 0.1) is 12.4 Å². The largest absolute Gasteiger partial charge is 0.444 e. The number of anilines is 2. The van der Waals surface area contributed by atoms with Gasteiger partial charge in [0.1, 0.15) is 17.2 Å². The normalized spacial score (nSPS) is 19.5. The predicted molar refractivity (Wildman–Crippen MR) is 81.1 cm³/mol. The molecule has 1 aliphatic rings. The van der Waals surface area contributed by atoms with Crippen molar-refractivity contribution in [1.29, 1.82) is 0 Å². The van der Waals surface area contributed by atoms with E-state index in [2.05, 4.69) is 21.8 Å². The third-order valence-corrected chi connectivity index (χ3v) is 3.23. The summed E-state index contributed by atoms with van der Waals surface area (Å²) in [5, 5.41) is 0. The first-order chi connectivity index (χ1) is 9.76. The number of piperazine rings is 1. The van der Waals surface area contributed by atoms with E-state index in [1.54, 1.807) is 17.3 Å². The molecule has 1 saturated heterocycles. The van der Waals surface area contributed by atoms with Gasteiger partial charge in [-0.2, -0.15) is 0 Å². The van der Waals surface area contributed by atoms with Crippen molar-refractivity contribution < 1.29 is 9.53 Å². The molecular weight excluding hydrogens is 270 g/mol. The molecule has 21 heavy (non-hydrogen) atoms. The number of hydrogen-bond donors (Lipinski definition) is 1.